The highest BCUT2D eigenvalue weighted by Crippen LogP contribution is 2.25. The number of hydrogen-bond donors (Lipinski definition) is 2. The predicted octanol–water partition coefficient (Wildman–Crippen LogP) is 4.63. The number of benzene rings is 2. The lowest BCUT2D eigenvalue weighted by atomic mass is 10.0. The number of hydrogen-bond acceptors (Lipinski definition) is 4. The first kappa shape index (κ1) is 21.1. The number of nitrogens with one attached hydrogen (secondary N) is 2. The lowest BCUT2D eigenvalue weighted by molar-refractivity contribution is -0.116. The third kappa shape index (κ3) is 6.77. The largest absolute Gasteiger partial charge is 0.494 e. The van der Waals surface area contributed by atoms with Crippen molar-refractivity contribution in [2.45, 2.75) is 26.2 Å². The van der Waals surface area contributed by atoms with Gasteiger partial charge in [0.2, 0.25) is 5.91 Å². The van der Waals surface area contributed by atoms with Crippen molar-refractivity contribution in [2.75, 3.05) is 25.0 Å². The monoisotopic (exact) mass is 390 g/mol. The average Bonchev–Trinajstić information content (AvgIpc) is 3.17. The van der Waals surface area contributed by atoms with Gasteiger partial charge in [-0.2, -0.15) is 0 Å². The molecule has 0 saturated carbocycles. The van der Waals surface area contributed by atoms with Crippen LogP contribution >= 0.6 is 12.4 Å². The second-order valence-electron chi connectivity index (χ2n) is 6.48. The topological polar surface area (TPSA) is 59.6 Å². The van der Waals surface area contributed by atoms with Gasteiger partial charge in [-0.25, -0.2) is 0 Å². The van der Waals surface area contributed by atoms with E-state index in [0.717, 1.165) is 42.4 Å². The van der Waals surface area contributed by atoms with E-state index in [2.05, 4.69) is 10.6 Å². The molecule has 3 rings (SSSR count). The molecular weight excluding hydrogens is 364 g/mol. The molecule has 1 atom stereocenters. The van der Waals surface area contributed by atoms with Crippen LogP contribution in [0.15, 0.2) is 48.5 Å². The summed E-state index contributed by atoms with van der Waals surface area (Å²) in [5.74, 6) is 2.99. The molecule has 2 N–H and O–H groups in total. The minimum Gasteiger partial charge on any atom is -0.494 e. The first-order valence-electron chi connectivity index (χ1n) is 9.24. The maximum atomic E-state index is 12.1. The number of rotatable bonds is 8. The Morgan fingerprint density at radius 2 is 1.70 bits per heavy atom. The molecule has 0 aliphatic carbocycles. The molecule has 2 aromatic carbocycles. The highest BCUT2D eigenvalue weighted by atomic mass is 35.5. The Labute approximate surface area is 166 Å². The Balaban J connectivity index is 0.00000261. The van der Waals surface area contributed by atoms with Crippen molar-refractivity contribution in [2.24, 2.45) is 5.92 Å². The van der Waals surface area contributed by atoms with E-state index < -0.39 is 0 Å². The average molecular weight is 391 g/mol. The van der Waals surface area contributed by atoms with E-state index >= 15 is 0 Å². The van der Waals surface area contributed by atoms with E-state index in [1.54, 1.807) is 0 Å². The van der Waals surface area contributed by atoms with E-state index in [-0.39, 0.29) is 18.3 Å². The molecule has 1 saturated heterocycles. The Kier molecular flexibility index (Phi) is 8.43. The lowest BCUT2D eigenvalue weighted by Gasteiger charge is -2.10. The van der Waals surface area contributed by atoms with Gasteiger partial charge in [0.1, 0.15) is 17.2 Å². The molecule has 1 aliphatic heterocycles. The standard InChI is InChI=1S/C21H26N2O3.ClH/c1-2-25-18-8-10-20(11-9-18)26-19-6-4-17(5-7-19)23-21(24)12-3-16-13-14-22-15-16;/h4-11,16,22H,2-3,12-15H2,1H3,(H,23,24);1H. The summed E-state index contributed by atoms with van der Waals surface area (Å²) in [5.41, 5.74) is 0.790. The molecular formula is C21H27ClN2O3. The van der Waals surface area contributed by atoms with E-state index in [0.29, 0.717) is 18.9 Å². The van der Waals surface area contributed by atoms with Crippen LogP contribution in [0.3, 0.4) is 0 Å². The molecule has 1 amide bonds. The maximum absolute atomic E-state index is 12.1. The summed E-state index contributed by atoms with van der Waals surface area (Å²) in [5, 5.41) is 6.28. The number of carbonyl (C=O) groups excluding carboxylic acids is 1. The molecule has 0 bridgehead atoms. The van der Waals surface area contributed by atoms with Crippen molar-refractivity contribution in [3.63, 3.8) is 0 Å². The van der Waals surface area contributed by atoms with Crippen molar-refractivity contribution < 1.29 is 14.3 Å². The third-order valence-corrected chi connectivity index (χ3v) is 4.45. The Morgan fingerprint density at radius 1 is 1.07 bits per heavy atom. The molecule has 0 spiro atoms. The molecule has 27 heavy (non-hydrogen) atoms. The fourth-order valence-corrected chi connectivity index (χ4v) is 3.03. The molecule has 0 radical (unpaired) electrons. The van der Waals surface area contributed by atoms with Crippen LogP contribution < -0.4 is 20.1 Å². The summed E-state index contributed by atoms with van der Waals surface area (Å²) < 4.78 is 11.2. The third-order valence-electron chi connectivity index (χ3n) is 4.45. The second-order valence-corrected chi connectivity index (χ2v) is 6.48. The van der Waals surface area contributed by atoms with Gasteiger partial charge in [-0.05, 0) is 87.3 Å². The molecule has 2 aromatic rings. The van der Waals surface area contributed by atoms with Crippen LogP contribution in [0, 0.1) is 5.92 Å². The Morgan fingerprint density at radius 3 is 2.30 bits per heavy atom. The summed E-state index contributed by atoms with van der Waals surface area (Å²) >= 11 is 0. The van der Waals surface area contributed by atoms with Gasteiger partial charge in [-0.1, -0.05) is 0 Å². The summed E-state index contributed by atoms with van der Waals surface area (Å²) in [6, 6.07) is 14.9. The van der Waals surface area contributed by atoms with Gasteiger partial charge >= 0.3 is 0 Å². The fraction of sp³-hybridized carbons (Fsp3) is 0.381. The van der Waals surface area contributed by atoms with E-state index in [1.165, 1.54) is 6.42 Å². The first-order chi connectivity index (χ1) is 12.7. The van der Waals surface area contributed by atoms with Crippen LogP contribution in [0.25, 0.3) is 0 Å². The maximum Gasteiger partial charge on any atom is 0.224 e. The van der Waals surface area contributed by atoms with Crippen LogP contribution in [0.4, 0.5) is 5.69 Å². The van der Waals surface area contributed by atoms with Crippen LogP contribution in [0.1, 0.15) is 26.2 Å². The minimum atomic E-state index is 0. The van der Waals surface area contributed by atoms with Gasteiger partial charge < -0.3 is 20.1 Å². The smallest absolute Gasteiger partial charge is 0.224 e. The molecule has 1 unspecified atom stereocenters. The first-order valence-corrected chi connectivity index (χ1v) is 9.24. The summed E-state index contributed by atoms with van der Waals surface area (Å²) in [6.45, 7) is 4.70. The minimum absolute atomic E-state index is 0. The second kappa shape index (κ2) is 10.8. The molecule has 146 valence electrons. The number of carbonyl (C=O) groups is 1. The van der Waals surface area contributed by atoms with E-state index in [1.807, 2.05) is 55.5 Å². The Hall–Kier alpha value is -2.24. The van der Waals surface area contributed by atoms with Gasteiger partial charge in [0.25, 0.3) is 0 Å². The van der Waals surface area contributed by atoms with E-state index in [4.69, 9.17) is 9.47 Å². The summed E-state index contributed by atoms with van der Waals surface area (Å²) in [7, 11) is 0. The zero-order valence-electron chi connectivity index (χ0n) is 15.6. The zero-order valence-corrected chi connectivity index (χ0v) is 16.4. The van der Waals surface area contributed by atoms with Gasteiger partial charge in [-0.15, -0.1) is 12.4 Å². The summed E-state index contributed by atoms with van der Waals surface area (Å²) in [4.78, 5) is 12.1. The number of anilines is 1. The van der Waals surface area contributed by atoms with Crippen molar-refractivity contribution in [1.82, 2.24) is 5.32 Å². The van der Waals surface area contributed by atoms with Crippen molar-refractivity contribution in [3.05, 3.63) is 48.5 Å². The van der Waals surface area contributed by atoms with Crippen molar-refractivity contribution in [3.8, 4) is 17.2 Å². The van der Waals surface area contributed by atoms with Gasteiger partial charge in [-0.3, -0.25) is 4.79 Å². The van der Waals surface area contributed by atoms with E-state index in [9.17, 15) is 4.79 Å². The summed E-state index contributed by atoms with van der Waals surface area (Å²) in [6.07, 6.45) is 2.68. The SMILES string of the molecule is CCOc1ccc(Oc2ccc(NC(=O)CCC3CCNC3)cc2)cc1.Cl. The molecule has 1 heterocycles. The highest BCUT2D eigenvalue weighted by Gasteiger charge is 2.15. The van der Waals surface area contributed by atoms with Gasteiger partial charge in [0.05, 0.1) is 6.61 Å². The van der Waals surface area contributed by atoms with Gasteiger partial charge in [0.15, 0.2) is 0 Å². The zero-order chi connectivity index (χ0) is 18.2. The Bertz CT molecular complexity index is 698. The van der Waals surface area contributed by atoms with Crippen LogP contribution in [-0.4, -0.2) is 25.6 Å². The number of halogens is 1. The fourth-order valence-electron chi connectivity index (χ4n) is 3.03. The van der Waals surface area contributed by atoms with Crippen LogP contribution in [0.2, 0.25) is 0 Å². The predicted molar refractivity (Wildman–Crippen MR) is 110 cm³/mol. The number of ether oxygens (including phenoxy) is 2. The quantitative estimate of drug-likeness (QED) is 0.690. The molecule has 1 aliphatic rings. The molecule has 6 heteroatoms. The molecule has 5 nitrogen and oxygen atoms in total. The number of amides is 1. The van der Waals surface area contributed by atoms with Crippen molar-refractivity contribution in [1.29, 1.82) is 0 Å². The van der Waals surface area contributed by atoms with Crippen LogP contribution in [-0.2, 0) is 4.79 Å². The highest BCUT2D eigenvalue weighted by molar-refractivity contribution is 5.90. The normalized spacial score (nSPS) is 15.7. The molecule has 0 aromatic heterocycles. The van der Waals surface area contributed by atoms with Gasteiger partial charge in [0, 0.05) is 12.1 Å². The lowest BCUT2D eigenvalue weighted by Crippen LogP contribution is -2.14. The van der Waals surface area contributed by atoms with Crippen molar-refractivity contribution >= 4 is 24.0 Å². The van der Waals surface area contributed by atoms with Crippen LogP contribution in [0.5, 0.6) is 17.2 Å². The molecule has 1 fully saturated rings.